The summed E-state index contributed by atoms with van der Waals surface area (Å²) in [6.07, 6.45) is 0. The van der Waals surface area contributed by atoms with Crippen molar-refractivity contribution in [2.45, 2.75) is 77.0 Å². The molecule has 0 bridgehead atoms. The van der Waals surface area contributed by atoms with Crippen molar-refractivity contribution in [2.24, 2.45) is 0 Å². The predicted molar refractivity (Wildman–Crippen MR) is 337 cm³/mol. The van der Waals surface area contributed by atoms with Gasteiger partial charge >= 0.3 is 0 Å². The number of rotatable bonds is 5. The third-order valence-corrected chi connectivity index (χ3v) is 19.8. The highest BCUT2D eigenvalue weighted by atomic mass is 16.3. The van der Waals surface area contributed by atoms with Crippen LogP contribution in [-0.4, -0.2) is 0 Å². The molecular weight excluding hydrogens is 983 g/mol. The topological polar surface area (TPSA) is 29.5 Å². The molecule has 0 atom stereocenters. The van der Waals surface area contributed by atoms with E-state index in [1.165, 1.54) is 116 Å². The largest absolute Gasteiger partial charge is 0.455 e. The normalized spacial score (nSPS) is 15.8. The summed E-state index contributed by atoms with van der Waals surface area (Å²) < 4.78 is 14.1. The molecule has 0 spiro atoms. The summed E-state index contributed by atoms with van der Waals surface area (Å²) in [7, 11) is 0. The van der Waals surface area contributed by atoms with Crippen LogP contribution in [0.1, 0.15) is 99.9 Å². The van der Waals surface area contributed by atoms with E-state index in [1.807, 2.05) is 0 Å². The molecule has 0 N–H and O–H groups in total. The Balaban J connectivity index is 0.870. The first-order valence-electron chi connectivity index (χ1n) is 28.8. The van der Waals surface area contributed by atoms with E-state index in [1.54, 1.807) is 0 Å². The monoisotopic (exact) mass is 1040 g/mol. The van der Waals surface area contributed by atoms with Crippen LogP contribution in [0.2, 0.25) is 0 Å². The summed E-state index contributed by atoms with van der Waals surface area (Å²) in [4.78, 5) is 2.51. The van der Waals surface area contributed by atoms with Gasteiger partial charge in [0.05, 0.1) is 0 Å². The Labute approximate surface area is 472 Å². The molecule has 0 saturated carbocycles. The second-order valence-corrected chi connectivity index (χ2v) is 25.5. The Morgan fingerprint density at radius 1 is 0.284 bits per heavy atom. The van der Waals surface area contributed by atoms with Crippen molar-refractivity contribution in [3.8, 4) is 66.8 Å². The summed E-state index contributed by atoms with van der Waals surface area (Å²) in [6, 6.07) is 79.2. The Hall–Kier alpha value is -9.18. The summed E-state index contributed by atoms with van der Waals surface area (Å²) in [5, 5.41) is 4.71. The molecule has 0 radical (unpaired) electrons. The third-order valence-electron chi connectivity index (χ3n) is 19.8. The molecule has 4 aliphatic carbocycles. The summed E-state index contributed by atoms with van der Waals surface area (Å²) in [5.74, 6) is 0. The maximum atomic E-state index is 7.06. The van der Waals surface area contributed by atoms with Gasteiger partial charge in [-0.3, -0.25) is 0 Å². The highest BCUT2D eigenvalue weighted by Gasteiger charge is 2.49. The van der Waals surface area contributed by atoms with Gasteiger partial charge in [0, 0.05) is 71.4 Å². The fourth-order valence-corrected chi connectivity index (χ4v) is 15.9. The maximum absolute atomic E-state index is 7.06. The van der Waals surface area contributed by atoms with E-state index < -0.39 is 0 Å². The molecular formula is C78H59NO2. The molecule has 13 aromatic rings. The Morgan fingerprint density at radius 3 is 1.48 bits per heavy atom. The molecule has 2 aromatic heterocycles. The molecule has 0 unspecified atom stereocenters. The second kappa shape index (κ2) is 15.8. The van der Waals surface area contributed by atoms with E-state index in [0.717, 1.165) is 55.7 Å². The van der Waals surface area contributed by atoms with Gasteiger partial charge in [-0.15, -0.1) is 0 Å². The lowest BCUT2D eigenvalue weighted by molar-refractivity contribution is 0.600. The lowest BCUT2D eigenvalue weighted by Gasteiger charge is -2.32. The first-order valence-corrected chi connectivity index (χ1v) is 28.8. The van der Waals surface area contributed by atoms with Gasteiger partial charge in [-0.2, -0.15) is 0 Å². The van der Waals surface area contributed by atoms with E-state index in [-0.39, 0.29) is 21.7 Å². The van der Waals surface area contributed by atoms with E-state index in [9.17, 15) is 0 Å². The summed E-state index contributed by atoms with van der Waals surface area (Å²) in [6.45, 7) is 19.3. The average Bonchev–Trinajstić information content (AvgIpc) is 1.76. The van der Waals surface area contributed by atoms with Crippen LogP contribution in [0.3, 0.4) is 0 Å². The number of fused-ring (bicyclic) bond motifs is 22. The van der Waals surface area contributed by atoms with Gasteiger partial charge in [-0.1, -0.05) is 207 Å². The minimum atomic E-state index is -0.364. The fourth-order valence-electron chi connectivity index (χ4n) is 15.9. The first-order chi connectivity index (χ1) is 39.2. The van der Waals surface area contributed by atoms with Crippen LogP contribution < -0.4 is 4.90 Å². The Morgan fingerprint density at radius 2 is 0.765 bits per heavy atom. The van der Waals surface area contributed by atoms with Crippen LogP contribution in [0.25, 0.3) is 111 Å². The molecule has 0 saturated heterocycles. The molecule has 3 nitrogen and oxygen atoms in total. The highest BCUT2D eigenvalue weighted by molar-refractivity contribution is 6.22. The molecule has 11 aromatic carbocycles. The number of nitrogens with zero attached hydrogens (tertiary/aromatic N) is 1. The zero-order valence-corrected chi connectivity index (χ0v) is 47.0. The number of benzene rings is 11. The van der Waals surface area contributed by atoms with Gasteiger partial charge in [0.1, 0.15) is 22.3 Å². The number of para-hydroxylation sites is 2. The third kappa shape index (κ3) is 6.03. The van der Waals surface area contributed by atoms with Crippen LogP contribution in [0.5, 0.6) is 0 Å². The Bertz CT molecular complexity index is 4940. The molecule has 0 aliphatic heterocycles. The molecule has 17 rings (SSSR count). The quantitative estimate of drug-likeness (QED) is 0.172. The van der Waals surface area contributed by atoms with Crippen LogP contribution in [0, 0.1) is 0 Å². The number of hydrogen-bond donors (Lipinski definition) is 0. The summed E-state index contributed by atoms with van der Waals surface area (Å²) in [5.41, 5.74) is 31.8. The smallest absolute Gasteiger partial charge is 0.144 e. The molecule has 0 fully saturated rings. The van der Waals surface area contributed by atoms with Crippen molar-refractivity contribution in [2.75, 3.05) is 4.90 Å². The predicted octanol–water partition coefficient (Wildman–Crippen LogP) is 21.5. The van der Waals surface area contributed by atoms with Crippen molar-refractivity contribution in [1.82, 2.24) is 0 Å². The number of hydrogen-bond acceptors (Lipinski definition) is 3. The van der Waals surface area contributed by atoms with Crippen LogP contribution in [0.4, 0.5) is 17.1 Å². The standard InChI is InChI=1S/C78H59NO2/c1-75(2)58-29-16-12-25-50(58)51-36-33-46(40-60(51)75)57-43-63-66(68-55-27-14-18-31-64(55)80-73(57)68)53-37-34-48(41-61(53)76(63,3)4)79(47-24-20-23-45(39-47)44-21-10-9-11-22-44)49-35-38-54-62(42-49)78(7,8)71-67(54)69-56-28-15-19-32-65(56)81-74(69)70-52-26-13-17-30-59(52)77(5,6)72(70)71/h9-43H,1-8H3. The van der Waals surface area contributed by atoms with Crippen LogP contribution in [-0.2, 0) is 21.7 Å². The van der Waals surface area contributed by atoms with Gasteiger partial charge in [-0.25, -0.2) is 0 Å². The van der Waals surface area contributed by atoms with Gasteiger partial charge in [0.25, 0.3) is 0 Å². The van der Waals surface area contributed by atoms with Crippen molar-refractivity contribution in [1.29, 1.82) is 0 Å². The molecule has 3 heteroatoms. The van der Waals surface area contributed by atoms with Crippen LogP contribution in [0.15, 0.2) is 221 Å². The van der Waals surface area contributed by atoms with E-state index in [2.05, 4.69) is 273 Å². The van der Waals surface area contributed by atoms with Crippen molar-refractivity contribution >= 4 is 60.9 Å². The molecule has 4 aliphatic rings. The molecule has 81 heavy (non-hydrogen) atoms. The Kier molecular flexibility index (Phi) is 9.11. The maximum Gasteiger partial charge on any atom is 0.144 e. The van der Waals surface area contributed by atoms with Crippen molar-refractivity contribution in [3.05, 3.63) is 257 Å². The van der Waals surface area contributed by atoms with E-state index in [4.69, 9.17) is 8.83 Å². The average molecular weight is 1040 g/mol. The lowest BCUT2D eigenvalue weighted by atomic mass is 9.72. The van der Waals surface area contributed by atoms with E-state index in [0.29, 0.717) is 0 Å². The molecule has 0 amide bonds. The van der Waals surface area contributed by atoms with Gasteiger partial charge in [-0.05, 0) is 161 Å². The zero-order chi connectivity index (χ0) is 54.6. The SMILES string of the molecule is CC1(C)c2ccccc2-c2ccc(-c3cc4c(c5c3oc3ccccc35)-c3ccc(N(c5cccc(-c6ccccc6)c5)c5ccc6c(c5)C(C)(C)c5c7c(c8oc9ccccc9c8c5-6)-c5ccccc5C7(C)C)cc3C4(C)C)cc21. The van der Waals surface area contributed by atoms with E-state index >= 15 is 0 Å². The minimum absolute atomic E-state index is 0.132. The summed E-state index contributed by atoms with van der Waals surface area (Å²) >= 11 is 0. The van der Waals surface area contributed by atoms with Gasteiger partial charge in [0.2, 0.25) is 0 Å². The highest BCUT2D eigenvalue weighted by Crippen LogP contribution is 2.64. The zero-order valence-electron chi connectivity index (χ0n) is 47.0. The number of furan rings is 2. The molecule has 2 heterocycles. The van der Waals surface area contributed by atoms with Crippen molar-refractivity contribution < 1.29 is 8.83 Å². The minimum Gasteiger partial charge on any atom is -0.455 e. The van der Waals surface area contributed by atoms with Gasteiger partial charge < -0.3 is 13.7 Å². The van der Waals surface area contributed by atoms with Crippen LogP contribution >= 0.6 is 0 Å². The van der Waals surface area contributed by atoms with Crippen molar-refractivity contribution in [3.63, 3.8) is 0 Å². The number of anilines is 3. The lowest BCUT2D eigenvalue weighted by Crippen LogP contribution is -2.24. The molecule has 388 valence electrons. The first kappa shape index (κ1) is 46.7. The second-order valence-electron chi connectivity index (χ2n) is 25.5. The van der Waals surface area contributed by atoms with Gasteiger partial charge in [0.15, 0.2) is 0 Å². The fraction of sp³-hybridized carbons (Fsp3) is 0.154.